The molecule has 0 aliphatic heterocycles. The summed E-state index contributed by atoms with van der Waals surface area (Å²) >= 11 is 1.50. The van der Waals surface area contributed by atoms with Gasteiger partial charge in [0, 0.05) is 35.1 Å². The number of fused-ring (bicyclic) bond motifs is 1. The molecule has 4 rings (SSSR count). The van der Waals surface area contributed by atoms with Gasteiger partial charge in [0.1, 0.15) is 4.83 Å². The highest BCUT2D eigenvalue weighted by Gasteiger charge is 2.17. The fourth-order valence-corrected chi connectivity index (χ4v) is 3.79. The first-order chi connectivity index (χ1) is 13.5. The molecule has 0 saturated heterocycles. The molecule has 0 spiro atoms. The Kier molecular flexibility index (Phi) is 4.67. The maximum Gasteiger partial charge on any atom is 0.336 e. The van der Waals surface area contributed by atoms with Crippen molar-refractivity contribution in [1.82, 2.24) is 9.97 Å². The molecule has 6 nitrogen and oxygen atoms in total. The molecule has 0 amide bonds. The number of aryl methyl sites for hydroxylation is 1. The third-order valence-electron chi connectivity index (χ3n) is 4.48. The first-order valence-electron chi connectivity index (χ1n) is 8.68. The van der Waals surface area contributed by atoms with Gasteiger partial charge in [0.25, 0.3) is 0 Å². The van der Waals surface area contributed by atoms with Gasteiger partial charge in [0.05, 0.1) is 5.56 Å². The Labute approximate surface area is 165 Å². The van der Waals surface area contributed by atoms with E-state index in [1.54, 1.807) is 18.3 Å². The number of rotatable bonds is 5. The molecule has 28 heavy (non-hydrogen) atoms. The highest BCUT2D eigenvalue weighted by Crippen LogP contribution is 2.30. The molecule has 0 radical (unpaired) electrons. The van der Waals surface area contributed by atoms with Gasteiger partial charge in [-0.2, -0.15) is 0 Å². The Morgan fingerprint density at radius 3 is 2.89 bits per heavy atom. The summed E-state index contributed by atoms with van der Waals surface area (Å²) in [5, 5.41) is 15.9. The van der Waals surface area contributed by atoms with Crippen molar-refractivity contribution in [2.45, 2.75) is 13.5 Å². The number of anilines is 2. The minimum Gasteiger partial charge on any atom is -0.478 e. The van der Waals surface area contributed by atoms with Crippen molar-refractivity contribution in [3.05, 3.63) is 70.7 Å². The van der Waals surface area contributed by atoms with Gasteiger partial charge in [0.15, 0.2) is 5.82 Å². The number of hydrogen-bond acceptors (Lipinski definition) is 6. The van der Waals surface area contributed by atoms with Crippen LogP contribution in [0.1, 0.15) is 21.5 Å². The molecular weight excluding hydrogens is 372 g/mol. The summed E-state index contributed by atoms with van der Waals surface area (Å²) in [5.41, 5.74) is 9.92. The summed E-state index contributed by atoms with van der Waals surface area (Å²) in [7, 11) is 0. The number of thiophene rings is 1. The molecule has 0 fully saturated rings. The Morgan fingerprint density at radius 2 is 2.11 bits per heavy atom. The van der Waals surface area contributed by atoms with Gasteiger partial charge in [-0.05, 0) is 53.8 Å². The summed E-state index contributed by atoms with van der Waals surface area (Å²) in [5.74, 6) is -0.602. The molecule has 140 valence electrons. The molecule has 0 saturated carbocycles. The van der Waals surface area contributed by atoms with E-state index in [-0.39, 0.29) is 5.56 Å². The molecule has 4 aromatic rings. The number of aromatic nitrogens is 2. The molecule has 0 atom stereocenters. The summed E-state index contributed by atoms with van der Waals surface area (Å²) in [6.45, 7) is 2.45. The fraction of sp³-hybridized carbons (Fsp3) is 0.0952. The standard InChI is InChI=1S/C21H18N4O2S/c1-12-7-17(21(26)27)16(19-24-11-14-5-6-28-20(14)25-19)9-18(12)23-10-13-3-2-4-15(22)8-13/h2-9,11,23H,10,22H2,1H3,(H,26,27). The van der Waals surface area contributed by atoms with E-state index in [0.717, 1.165) is 27.0 Å². The van der Waals surface area contributed by atoms with Gasteiger partial charge in [-0.3, -0.25) is 0 Å². The minimum absolute atomic E-state index is 0.183. The smallest absolute Gasteiger partial charge is 0.336 e. The SMILES string of the molecule is Cc1cc(C(=O)O)c(-c2ncc3ccsc3n2)cc1NCc1cccc(N)c1. The zero-order valence-electron chi connectivity index (χ0n) is 15.1. The molecule has 4 N–H and O–H groups in total. The first kappa shape index (κ1) is 17.9. The number of nitrogen functional groups attached to an aromatic ring is 1. The molecule has 2 heterocycles. The molecule has 7 heteroatoms. The molecular formula is C21H18N4O2S. The van der Waals surface area contributed by atoms with E-state index >= 15 is 0 Å². The second-order valence-electron chi connectivity index (χ2n) is 6.49. The van der Waals surface area contributed by atoms with E-state index in [4.69, 9.17) is 5.73 Å². The van der Waals surface area contributed by atoms with E-state index in [1.165, 1.54) is 11.3 Å². The van der Waals surface area contributed by atoms with Gasteiger partial charge in [-0.15, -0.1) is 11.3 Å². The Balaban J connectivity index is 1.73. The van der Waals surface area contributed by atoms with Crippen LogP contribution >= 0.6 is 11.3 Å². The van der Waals surface area contributed by atoms with Crippen LogP contribution in [-0.2, 0) is 6.54 Å². The molecule has 2 aromatic carbocycles. The second-order valence-corrected chi connectivity index (χ2v) is 7.39. The van der Waals surface area contributed by atoms with Crippen LogP contribution in [0.5, 0.6) is 0 Å². The number of aromatic carboxylic acids is 1. The second kappa shape index (κ2) is 7.28. The highest BCUT2D eigenvalue weighted by molar-refractivity contribution is 7.16. The van der Waals surface area contributed by atoms with Crippen LogP contribution in [0.3, 0.4) is 0 Å². The lowest BCUT2D eigenvalue weighted by Crippen LogP contribution is -2.07. The van der Waals surface area contributed by atoms with Gasteiger partial charge in [0.2, 0.25) is 0 Å². The van der Waals surface area contributed by atoms with Crippen LogP contribution < -0.4 is 11.1 Å². The number of benzene rings is 2. The topological polar surface area (TPSA) is 101 Å². The van der Waals surface area contributed by atoms with Crippen LogP contribution in [-0.4, -0.2) is 21.0 Å². The van der Waals surface area contributed by atoms with Crippen LogP contribution in [0, 0.1) is 6.92 Å². The monoisotopic (exact) mass is 390 g/mol. The number of hydrogen-bond donors (Lipinski definition) is 3. The van der Waals surface area contributed by atoms with Gasteiger partial charge in [-0.25, -0.2) is 14.8 Å². The number of carboxylic acid groups (broad SMARTS) is 1. The van der Waals surface area contributed by atoms with Crippen molar-refractivity contribution in [2.24, 2.45) is 0 Å². The predicted octanol–water partition coefficient (Wildman–Crippen LogP) is 4.56. The number of nitrogens with zero attached hydrogens (tertiary/aromatic N) is 2. The Bertz CT molecular complexity index is 1190. The molecule has 2 aromatic heterocycles. The van der Waals surface area contributed by atoms with Crippen LogP contribution in [0.25, 0.3) is 21.6 Å². The Hall–Kier alpha value is -3.45. The first-order valence-corrected chi connectivity index (χ1v) is 9.56. The summed E-state index contributed by atoms with van der Waals surface area (Å²) in [6, 6.07) is 13.0. The quantitative estimate of drug-likeness (QED) is 0.432. The van der Waals surface area contributed by atoms with Crippen molar-refractivity contribution in [1.29, 1.82) is 0 Å². The van der Waals surface area contributed by atoms with Gasteiger partial charge in [-0.1, -0.05) is 12.1 Å². The van der Waals surface area contributed by atoms with Crippen molar-refractivity contribution in [3.63, 3.8) is 0 Å². The lowest BCUT2D eigenvalue weighted by Gasteiger charge is -2.14. The van der Waals surface area contributed by atoms with Gasteiger partial charge < -0.3 is 16.2 Å². The number of nitrogens with one attached hydrogen (secondary N) is 1. The average molecular weight is 390 g/mol. The number of carboxylic acids is 1. The maximum absolute atomic E-state index is 11.8. The predicted molar refractivity (Wildman–Crippen MR) is 113 cm³/mol. The molecule has 0 aliphatic carbocycles. The van der Waals surface area contributed by atoms with Crippen molar-refractivity contribution < 1.29 is 9.90 Å². The minimum atomic E-state index is -1.00. The zero-order valence-corrected chi connectivity index (χ0v) is 16.0. The van der Waals surface area contributed by atoms with E-state index in [2.05, 4.69) is 15.3 Å². The third-order valence-corrected chi connectivity index (χ3v) is 5.30. The van der Waals surface area contributed by atoms with Crippen LogP contribution in [0.15, 0.2) is 54.0 Å². The van der Waals surface area contributed by atoms with Crippen molar-refractivity contribution in [3.8, 4) is 11.4 Å². The third kappa shape index (κ3) is 3.52. The zero-order chi connectivity index (χ0) is 19.7. The van der Waals surface area contributed by atoms with Crippen molar-refractivity contribution >= 4 is 38.9 Å². The average Bonchev–Trinajstić information content (AvgIpc) is 3.14. The van der Waals surface area contributed by atoms with E-state index in [9.17, 15) is 9.90 Å². The molecule has 0 aliphatic rings. The molecule has 0 bridgehead atoms. The van der Waals surface area contributed by atoms with Crippen LogP contribution in [0.2, 0.25) is 0 Å². The number of carbonyl (C=O) groups is 1. The maximum atomic E-state index is 11.8. The molecule has 0 unspecified atom stereocenters. The van der Waals surface area contributed by atoms with E-state index in [0.29, 0.717) is 23.6 Å². The van der Waals surface area contributed by atoms with E-state index in [1.807, 2.05) is 42.6 Å². The van der Waals surface area contributed by atoms with Gasteiger partial charge >= 0.3 is 5.97 Å². The normalized spacial score (nSPS) is 10.9. The lowest BCUT2D eigenvalue weighted by molar-refractivity contribution is 0.0697. The lowest BCUT2D eigenvalue weighted by atomic mass is 10.0. The summed E-state index contributed by atoms with van der Waals surface area (Å²) in [6.07, 6.45) is 1.72. The Morgan fingerprint density at radius 1 is 1.25 bits per heavy atom. The fourth-order valence-electron chi connectivity index (χ4n) is 3.05. The number of nitrogens with two attached hydrogens (primary N) is 1. The summed E-state index contributed by atoms with van der Waals surface area (Å²) < 4.78 is 0. The van der Waals surface area contributed by atoms with E-state index < -0.39 is 5.97 Å². The van der Waals surface area contributed by atoms with Crippen LogP contribution in [0.4, 0.5) is 11.4 Å². The summed E-state index contributed by atoms with van der Waals surface area (Å²) in [4.78, 5) is 21.6. The van der Waals surface area contributed by atoms with Crippen molar-refractivity contribution in [2.75, 3.05) is 11.1 Å². The highest BCUT2D eigenvalue weighted by atomic mass is 32.1. The largest absolute Gasteiger partial charge is 0.478 e.